The Balaban J connectivity index is 1.39. The second-order valence-electron chi connectivity index (χ2n) is 11.5. The van der Waals surface area contributed by atoms with Crippen LogP contribution in [0.5, 0.6) is 0 Å². The van der Waals surface area contributed by atoms with Crippen LogP contribution in [0.25, 0.3) is 11.1 Å². The Labute approximate surface area is 282 Å². The monoisotopic (exact) mass is 701 g/mol. The van der Waals surface area contributed by atoms with Gasteiger partial charge in [0.1, 0.15) is 11.4 Å². The number of carbonyl (C=O) groups is 1. The Morgan fingerprint density at radius 3 is 2.33 bits per heavy atom. The largest absolute Gasteiger partial charge is 0.421 e. The van der Waals surface area contributed by atoms with Crippen LogP contribution < -0.4 is 16.0 Å². The fraction of sp³-hybridized carbons (Fsp3) is 0.394. The van der Waals surface area contributed by atoms with Crippen molar-refractivity contribution < 1.29 is 36.7 Å². The highest BCUT2D eigenvalue weighted by Gasteiger charge is 2.36. The van der Waals surface area contributed by atoms with Gasteiger partial charge in [0.15, 0.2) is 0 Å². The van der Waals surface area contributed by atoms with E-state index in [2.05, 4.69) is 31.0 Å². The summed E-state index contributed by atoms with van der Waals surface area (Å²) in [6, 6.07) is 11.6. The van der Waals surface area contributed by atoms with Gasteiger partial charge in [-0.25, -0.2) is 4.98 Å². The zero-order valence-corrected chi connectivity index (χ0v) is 28.2. The molecule has 12 nitrogen and oxygen atoms in total. The van der Waals surface area contributed by atoms with Gasteiger partial charge in [-0.15, -0.1) is 0 Å². The van der Waals surface area contributed by atoms with Crippen molar-refractivity contribution in [3.05, 3.63) is 77.7 Å². The minimum atomic E-state index is -4.80. The minimum Gasteiger partial charge on any atom is -0.393 e. The predicted molar refractivity (Wildman–Crippen MR) is 179 cm³/mol. The van der Waals surface area contributed by atoms with Gasteiger partial charge in [-0.1, -0.05) is 18.2 Å². The maximum Gasteiger partial charge on any atom is 0.421 e. The van der Waals surface area contributed by atoms with E-state index >= 15 is 0 Å². The molecular formula is C33H39F3N7O5P. The number of carbonyl (C=O) groups excluding carboxylic acids is 1. The van der Waals surface area contributed by atoms with E-state index in [1.54, 1.807) is 56.4 Å². The Kier molecular flexibility index (Phi) is 11.4. The number of rotatable bonds is 13. The average Bonchev–Trinajstić information content (AvgIpc) is 3.56. The lowest BCUT2D eigenvalue weighted by Crippen LogP contribution is -2.21. The summed E-state index contributed by atoms with van der Waals surface area (Å²) >= 11 is 0. The van der Waals surface area contributed by atoms with Gasteiger partial charge < -0.3 is 30.1 Å². The van der Waals surface area contributed by atoms with Gasteiger partial charge in [0.05, 0.1) is 49.0 Å². The lowest BCUT2D eigenvalue weighted by atomic mass is 9.93. The van der Waals surface area contributed by atoms with E-state index in [1.807, 2.05) is 10.9 Å². The quantitative estimate of drug-likeness (QED) is 0.103. The summed E-state index contributed by atoms with van der Waals surface area (Å²) in [5.41, 5.74) is 1.61. The van der Waals surface area contributed by atoms with Crippen molar-refractivity contribution in [1.29, 1.82) is 0 Å². The molecule has 1 aliphatic rings. The Hall–Kier alpha value is -4.30. The minimum absolute atomic E-state index is 0.0557. The second kappa shape index (κ2) is 15.5. The van der Waals surface area contributed by atoms with Crippen molar-refractivity contribution in [1.82, 2.24) is 25.1 Å². The van der Waals surface area contributed by atoms with Crippen LogP contribution in [0, 0.1) is 0 Å². The molecule has 1 aliphatic carbocycles. The molecule has 1 fully saturated rings. The second-order valence-corrected chi connectivity index (χ2v) is 13.6. The van der Waals surface area contributed by atoms with Crippen molar-refractivity contribution in [2.45, 2.75) is 64.0 Å². The first-order chi connectivity index (χ1) is 23.4. The molecule has 16 heteroatoms. The van der Waals surface area contributed by atoms with Crippen molar-refractivity contribution >= 4 is 36.6 Å². The number of benzene rings is 2. The van der Waals surface area contributed by atoms with E-state index in [9.17, 15) is 27.6 Å². The highest BCUT2D eigenvalue weighted by atomic mass is 31.2. The molecule has 0 radical (unpaired) electrons. The summed E-state index contributed by atoms with van der Waals surface area (Å²) in [6.45, 7) is 3.91. The number of alkyl halides is 3. The first-order valence-corrected chi connectivity index (χ1v) is 17.7. The van der Waals surface area contributed by atoms with Crippen LogP contribution in [0.1, 0.15) is 67.1 Å². The number of hydrogen-bond acceptors (Lipinski definition) is 10. The molecule has 49 heavy (non-hydrogen) atoms. The van der Waals surface area contributed by atoms with Gasteiger partial charge in [0.2, 0.25) is 5.95 Å². The van der Waals surface area contributed by atoms with Crippen LogP contribution in [-0.4, -0.2) is 57.1 Å². The molecular weight excluding hydrogens is 662 g/mol. The first kappa shape index (κ1) is 36.0. The van der Waals surface area contributed by atoms with Gasteiger partial charge in [-0.3, -0.25) is 14.0 Å². The third-order valence-electron chi connectivity index (χ3n) is 8.05. The zero-order valence-electron chi connectivity index (χ0n) is 27.3. The predicted octanol–water partition coefficient (Wildman–Crippen LogP) is 7.45. The average molecular weight is 702 g/mol. The molecule has 2 aromatic heterocycles. The molecule has 0 spiro atoms. The van der Waals surface area contributed by atoms with Gasteiger partial charge in [-0.05, 0) is 74.9 Å². The number of amides is 1. The van der Waals surface area contributed by atoms with Crippen molar-refractivity contribution in [2.75, 3.05) is 30.9 Å². The lowest BCUT2D eigenvalue weighted by molar-refractivity contribution is -0.137. The molecule has 0 atom stereocenters. The lowest BCUT2D eigenvalue weighted by Gasteiger charge is -2.25. The van der Waals surface area contributed by atoms with Gasteiger partial charge >= 0.3 is 13.8 Å². The van der Waals surface area contributed by atoms with E-state index in [-0.39, 0.29) is 48.7 Å². The molecule has 5 rings (SSSR count). The number of hydrogen-bond donors (Lipinski definition) is 4. The Bertz CT molecular complexity index is 1780. The molecule has 2 heterocycles. The van der Waals surface area contributed by atoms with E-state index in [0.717, 1.165) is 18.4 Å². The summed E-state index contributed by atoms with van der Waals surface area (Å²) in [5, 5.41) is 22.5. The molecule has 262 valence electrons. The molecule has 0 bridgehead atoms. The van der Waals surface area contributed by atoms with Crippen molar-refractivity contribution in [2.24, 2.45) is 0 Å². The first-order valence-electron chi connectivity index (χ1n) is 16.0. The highest BCUT2D eigenvalue weighted by molar-refractivity contribution is 7.53. The van der Waals surface area contributed by atoms with Gasteiger partial charge in [0.25, 0.3) is 5.91 Å². The topological polar surface area (TPSA) is 153 Å². The Morgan fingerprint density at radius 2 is 1.69 bits per heavy atom. The number of halogens is 3. The third kappa shape index (κ3) is 9.04. The summed E-state index contributed by atoms with van der Waals surface area (Å²) in [4.78, 5) is 21.0. The standard InChI is InChI=1S/C33H39F3N7O5P/c1-4-47-49(46,48-5-2)20-21-6-9-24(10-7-21)40-32-38-18-28(33(34,35)36)30(42-32)41-29-15-8-22(16-27(29)31(45)37-3)23-17-39-43(19-23)25-11-13-26(44)14-12-25/h6-10,15-19,25-26,44H,4-5,11-14,20H2,1-3H3,(H,37,45)(H2,38,40,41,42). The van der Waals surface area contributed by atoms with Crippen LogP contribution in [0.15, 0.2) is 61.1 Å². The maximum absolute atomic E-state index is 14.1. The Morgan fingerprint density at radius 1 is 1.00 bits per heavy atom. The molecule has 4 N–H and O–H groups in total. The molecule has 0 saturated heterocycles. The highest BCUT2D eigenvalue weighted by Crippen LogP contribution is 2.51. The zero-order chi connectivity index (χ0) is 35.2. The molecule has 0 aliphatic heterocycles. The van der Waals surface area contributed by atoms with Crippen LogP contribution in [0.3, 0.4) is 0 Å². The molecule has 1 saturated carbocycles. The fourth-order valence-electron chi connectivity index (χ4n) is 5.61. The molecule has 4 aromatic rings. The van der Waals surface area contributed by atoms with Crippen molar-refractivity contribution in [3.63, 3.8) is 0 Å². The normalized spacial score (nSPS) is 16.7. The van der Waals surface area contributed by atoms with Gasteiger partial charge in [-0.2, -0.15) is 23.3 Å². The number of nitrogens with zero attached hydrogens (tertiary/aromatic N) is 4. The molecule has 1 amide bonds. The van der Waals surface area contributed by atoms with Crippen LogP contribution in [0.4, 0.5) is 36.3 Å². The molecule has 0 unspecified atom stereocenters. The maximum atomic E-state index is 14.1. The van der Waals surface area contributed by atoms with E-state index < -0.39 is 31.1 Å². The SMILES string of the molecule is CCOP(=O)(Cc1ccc(Nc2ncc(C(F)(F)F)c(Nc3ccc(-c4cnn(C5CCC(O)CC5)c4)cc3C(=O)NC)n2)cc1)OCC. The van der Waals surface area contributed by atoms with Gasteiger partial charge in [0, 0.05) is 30.7 Å². The van der Waals surface area contributed by atoms with E-state index in [0.29, 0.717) is 35.9 Å². The number of nitrogens with one attached hydrogen (secondary N) is 3. The fourth-order valence-corrected chi connectivity index (χ4v) is 7.31. The van der Waals surface area contributed by atoms with Crippen LogP contribution in [0.2, 0.25) is 0 Å². The number of anilines is 4. The molecule has 2 aromatic carbocycles. The summed E-state index contributed by atoms with van der Waals surface area (Å²) in [7, 11) is -1.90. The summed E-state index contributed by atoms with van der Waals surface area (Å²) in [5.74, 6) is -1.20. The number of aromatic nitrogens is 4. The van der Waals surface area contributed by atoms with E-state index in [1.165, 1.54) is 13.1 Å². The summed E-state index contributed by atoms with van der Waals surface area (Å²) < 4.78 is 67.7. The smallest absolute Gasteiger partial charge is 0.393 e. The number of aliphatic hydroxyl groups excluding tert-OH is 1. The summed E-state index contributed by atoms with van der Waals surface area (Å²) in [6.07, 6.45) is 2.15. The third-order valence-corrected chi connectivity index (χ3v) is 10.1. The number of aliphatic hydroxyl groups is 1. The van der Waals surface area contributed by atoms with Crippen LogP contribution >= 0.6 is 7.60 Å². The van der Waals surface area contributed by atoms with Crippen LogP contribution in [-0.2, 0) is 26.0 Å². The van der Waals surface area contributed by atoms with E-state index in [4.69, 9.17) is 9.05 Å². The van der Waals surface area contributed by atoms with Crippen molar-refractivity contribution in [3.8, 4) is 11.1 Å².